The van der Waals surface area contributed by atoms with Gasteiger partial charge < -0.3 is 4.57 Å². The lowest BCUT2D eigenvalue weighted by molar-refractivity contribution is -0.119. The van der Waals surface area contributed by atoms with E-state index in [1.165, 1.54) is 36.5 Å². The van der Waals surface area contributed by atoms with Crippen LogP contribution in [0.25, 0.3) is 5.69 Å². The molecule has 4 aromatic rings. The highest BCUT2D eigenvalue weighted by molar-refractivity contribution is 7.92. The van der Waals surface area contributed by atoms with Gasteiger partial charge in [-0.25, -0.2) is 13.8 Å². The van der Waals surface area contributed by atoms with Gasteiger partial charge in [0, 0.05) is 27.0 Å². The van der Waals surface area contributed by atoms with Gasteiger partial charge in [-0.2, -0.15) is 5.10 Å². The molecule has 0 unspecified atom stereocenters. The average Bonchev–Trinajstić information content (AvgIpc) is 3.17. The molecule has 202 valence electrons. The molecule has 3 aromatic carbocycles. The number of amides is 1. The SMILES string of the molecule is Cc1cc(/C=N\NC(=O)CN(c2ccc(Cl)cc2Cl)S(=O)(=O)c2ccccc2)c(C)n1-c1cc(Cl)ccc1Cl. The van der Waals surface area contributed by atoms with Gasteiger partial charge in [-0.05, 0) is 68.4 Å². The minimum absolute atomic E-state index is 0.000524. The van der Waals surface area contributed by atoms with E-state index in [0.717, 1.165) is 21.3 Å². The van der Waals surface area contributed by atoms with Gasteiger partial charge in [0.1, 0.15) is 6.54 Å². The summed E-state index contributed by atoms with van der Waals surface area (Å²) < 4.78 is 29.8. The predicted octanol–water partition coefficient (Wildman–Crippen LogP) is 7.05. The first-order valence-corrected chi connectivity index (χ1v) is 14.4. The Labute approximate surface area is 246 Å². The van der Waals surface area contributed by atoms with Crippen LogP contribution in [0.5, 0.6) is 0 Å². The first kappa shape index (κ1) is 29.0. The number of aromatic nitrogens is 1. The van der Waals surface area contributed by atoms with Crippen molar-refractivity contribution in [3.05, 3.63) is 110 Å². The highest BCUT2D eigenvalue weighted by Crippen LogP contribution is 2.33. The molecule has 0 atom stereocenters. The van der Waals surface area contributed by atoms with Crippen molar-refractivity contribution in [2.24, 2.45) is 5.10 Å². The van der Waals surface area contributed by atoms with Crippen molar-refractivity contribution in [2.45, 2.75) is 18.7 Å². The van der Waals surface area contributed by atoms with Crippen molar-refractivity contribution in [1.82, 2.24) is 9.99 Å². The van der Waals surface area contributed by atoms with E-state index in [-0.39, 0.29) is 15.6 Å². The molecule has 0 aliphatic rings. The molecular formula is C27H22Cl4N4O3S. The predicted molar refractivity (Wildman–Crippen MR) is 158 cm³/mol. The minimum atomic E-state index is -4.14. The van der Waals surface area contributed by atoms with E-state index in [1.54, 1.807) is 36.4 Å². The van der Waals surface area contributed by atoms with Gasteiger partial charge in [-0.1, -0.05) is 64.6 Å². The molecular weight excluding hydrogens is 602 g/mol. The fraction of sp³-hybridized carbons (Fsp3) is 0.111. The van der Waals surface area contributed by atoms with E-state index in [4.69, 9.17) is 46.4 Å². The molecule has 0 radical (unpaired) electrons. The topological polar surface area (TPSA) is 83.8 Å². The average molecular weight is 624 g/mol. The Kier molecular flexibility index (Phi) is 8.93. The molecule has 0 spiro atoms. The van der Waals surface area contributed by atoms with E-state index in [9.17, 15) is 13.2 Å². The molecule has 1 N–H and O–H groups in total. The van der Waals surface area contributed by atoms with Crippen molar-refractivity contribution >= 4 is 74.2 Å². The van der Waals surface area contributed by atoms with Gasteiger partial charge in [-0.3, -0.25) is 9.10 Å². The number of carbonyl (C=O) groups excluding carboxylic acids is 1. The molecule has 0 saturated carbocycles. The van der Waals surface area contributed by atoms with Crippen LogP contribution in [0, 0.1) is 13.8 Å². The van der Waals surface area contributed by atoms with Crippen LogP contribution < -0.4 is 9.73 Å². The van der Waals surface area contributed by atoms with E-state index >= 15 is 0 Å². The second-order valence-corrected chi connectivity index (χ2v) is 12.0. The first-order chi connectivity index (χ1) is 18.5. The van der Waals surface area contributed by atoms with Crippen LogP contribution in [0.2, 0.25) is 20.1 Å². The molecule has 7 nitrogen and oxygen atoms in total. The van der Waals surface area contributed by atoms with E-state index in [1.807, 2.05) is 24.5 Å². The van der Waals surface area contributed by atoms with Gasteiger partial charge in [-0.15, -0.1) is 0 Å². The number of benzene rings is 3. The number of nitrogens with zero attached hydrogens (tertiary/aromatic N) is 3. The Bertz CT molecular complexity index is 1670. The highest BCUT2D eigenvalue weighted by Gasteiger charge is 2.28. The second-order valence-electron chi connectivity index (χ2n) is 8.47. The smallest absolute Gasteiger partial charge is 0.264 e. The number of anilines is 1. The van der Waals surface area contributed by atoms with Crippen molar-refractivity contribution < 1.29 is 13.2 Å². The number of hydrazone groups is 1. The third-order valence-corrected chi connectivity index (χ3v) is 8.68. The number of nitrogens with one attached hydrogen (secondary N) is 1. The zero-order valence-corrected chi connectivity index (χ0v) is 24.5. The second kappa shape index (κ2) is 12.0. The van der Waals surface area contributed by atoms with Crippen molar-refractivity contribution in [2.75, 3.05) is 10.8 Å². The Morgan fingerprint density at radius 2 is 1.59 bits per heavy atom. The molecule has 0 aliphatic heterocycles. The van der Waals surface area contributed by atoms with Crippen molar-refractivity contribution in [1.29, 1.82) is 0 Å². The van der Waals surface area contributed by atoms with E-state index in [0.29, 0.717) is 20.8 Å². The molecule has 0 aliphatic carbocycles. The molecule has 0 fully saturated rings. The van der Waals surface area contributed by atoms with E-state index in [2.05, 4.69) is 10.5 Å². The summed E-state index contributed by atoms with van der Waals surface area (Å²) in [6, 6.07) is 19.1. The summed E-state index contributed by atoms with van der Waals surface area (Å²) in [5.74, 6) is -0.677. The summed E-state index contributed by atoms with van der Waals surface area (Å²) in [7, 11) is -4.14. The zero-order chi connectivity index (χ0) is 28.3. The molecule has 0 saturated heterocycles. The van der Waals surface area contributed by atoms with Crippen LogP contribution in [0.4, 0.5) is 5.69 Å². The number of rotatable bonds is 8. The molecule has 0 bridgehead atoms. The van der Waals surface area contributed by atoms with Crippen LogP contribution in [0.3, 0.4) is 0 Å². The summed E-state index contributed by atoms with van der Waals surface area (Å²) in [4.78, 5) is 12.9. The van der Waals surface area contributed by atoms with Gasteiger partial charge in [0.15, 0.2) is 0 Å². The number of sulfonamides is 1. The zero-order valence-electron chi connectivity index (χ0n) is 20.7. The van der Waals surface area contributed by atoms with Crippen LogP contribution in [0.1, 0.15) is 17.0 Å². The maximum absolute atomic E-state index is 13.5. The van der Waals surface area contributed by atoms with E-state index < -0.39 is 22.5 Å². The van der Waals surface area contributed by atoms with Gasteiger partial charge >= 0.3 is 0 Å². The van der Waals surface area contributed by atoms with Crippen LogP contribution >= 0.6 is 46.4 Å². The Hall–Kier alpha value is -3.01. The Morgan fingerprint density at radius 1 is 0.923 bits per heavy atom. The third-order valence-electron chi connectivity index (χ3n) is 5.81. The monoisotopic (exact) mass is 622 g/mol. The standard InChI is InChI=1S/C27H22Cl4N4O3S/c1-17-12-19(18(2)35(17)26-14-21(29)8-10-23(26)30)15-32-33-27(36)16-34(25-11-9-20(28)13-24(25)31)39(37,38)22-6-4-3-5-7-22/h3-15H,16H2,1-2H3,(H,33,36)/b32-15-. The first-order valence-electron chi connectivity index (χ1n) is 11.5. The normalized spacial score (nSPS) is 11.6. The number of hydrogen-bond acceptors (Lipinski definition) is 4. The summed E-state index contributed by atoms with van der Waals surface area (Å²) in [5, 5.41) is 5.52. The van der Waals surface area contributed by atoms with Gasteiger partial charge in [0.2, 0.25) is 0 Å². The van der Waals surface area contributed by atoms with Crippen LogP contribution in [0.15, 0.2) is 82.8 Å². The minimum Gasteiger partial charge on any atom is -0.316 e. The van der Waals surface area contributed by atoms with Crippen molar-refractivity contribution in [3.8, 4) is 5.69 Å². The summed E-state index contributed by atoms with van der Waals surface area (Å²) in [6.45, 7) is 3.21. The summed E-state index contributed by atoms with van der Waals surface area (Å²) in [6.07, 6.45) is 1.47. The number of hydrogen-bond donors (Lipinski definition) is 1. The largest absolute Gasteiger partial charge is 0.316 e. The third kappa shape index (κ3) is 6.42. The van der Waals surface area contributed by atoms with Gasteiger partial charge in [0.25, 0.3) is 15.9 Å². The lowest BCUT2D eigenvalue weighted by Crippen LogP contribution is -2.39. The molecule has 39 heavy (non-hydrogen) atoms. The van der Waals surface area contributed by atoms with Gasteiger partial charge in [0.05, 0.1) is 32.5 Å². The number of carbonyl (C=O) groups is 1. The molecule has 1 heterocycles. The highest BCUT2D eigenvalue weighted by atomic mass is 35.5. The lowest BCUT2D eigenvalue weighted by Gasteiger charge is -2.24. The van der Waals surface area contributed by atoms with Crippen LogP contribution in [-0.2, 0) is 14.8 Å². The summed E-state index contributed by atoms with van der Waals surface area (Å²) >= 11 is 24.9. The lowest BCUT2D eigenvalue weighted by atomic mass is 10.2. The fourth-order valence-corrected chi connectivity index (χ4v) is 6.38. The fourth-order valence-electron chi connectivity index (χ4n) is 3.99. The maximum Gasteiger partial charge on any atom is 0.264 e. The van der Waals surface area contributed by atoms with Crippen LogP contribution in [-0.4, -0.2) is 31.7 Å². The molecule has 4 rings (SSSR count). The quantitative estimate of drug-likeness (QED) is 0.169. The Morgan fingerprint density at radius 3 is 2.28 bits per heavy atom. The number of aryl methyl sites for hydroxylation is 1. The molecule has 1 amide bonds. The molecule has 12 heteroatoms. The molecule has 1 aromatic heterocycles. The number of halogens is 4. The summed E-state index contributed by atoms with van der Waals surface area (Å²) in [5.41, 5.74) is 5.63. The Balaban J connectivity index is 1.58. The maximum atomic E-state index is 13.5. The van der Waals surface area contributed by atoms with Crippen molar-refractivity contribution in [3.63, 3.8) is 0 Å².